The zero-order chi connectivity index (χ0) is 30.7. The number of carbonyl (C=O) groups excluding carboxylic acids is 4. The van der Waals surface area contributed by atoms with Crippen molar-refractivity contribution in [3.8, 4) is 11.5 Å². The monoisotopic (exact) mass is 597 g/mol. The van der Waals surface area contributed by atoms with Crippen LogP contribution in [0.5, 0.6) is 11.5 Å². The fourth-order valence-electron chi connectivity index (χ4n) is 4.91. The number of nitrogens with two attached hydrogens (primary N) is 1. The number of nitrogen functional groups attached to an aromatic ring is 1. The van der Waals surface area contributed by atoms with Crippen molar-refractivity contribution in [2.24, 2.45) is 17.7 Å². The van der Waals surface area contributed by atoms with E-state index < -0.39 is 23.9 Å². The Labute approximate surface area is 248 Å². The first-order valence-electron chi connectivity index (χ1n) is 13.8. The number of methoxy groups -OCH3 is 2. The SMILES string of the molecule is COc1cc2cc(C(=O)N(C(=O)c3csc(N(CC(C)C)C4CC4)n3)[C@H]([C]=O)CC(C)C)n(C(=O)NN)c2cc1OC. The van der Waals surface area contributed by atoms with Gasteiger partial charge in [-0.25, -0.2) is 15.6 Å². The molecular weight excluding hydrogens is 560 g/mol. The van der Waals surface area contributed by atoms with Gasteiger partial charge in [-0.2, -0.15) is 0 Å². The summed E-state index contributed by atoms with van der Waals surface area (Å²) >= 11 is 1.32. The lowest BCUT2D eigenvalue weighted by Gasteiger charge is -2.27. The van der Waals surface area contributed by atoms with E-state index in [1.54, 1.807) is 11.4 Å². The number of rotatable bonds is 12. The Balaban J connectivity index is 1.82. The van der Waals surface area contributed by atoms with Crippen LogP contribution in [0.25, 0.3) is 10.9 Å². The largest absolute Gasteiger partial charge is 0.493 e. The molecule has 3 amide bonds. The predicted molar refractivity (Wildman–Crippen MR) is 160 cm³/mol. The molecule has 0 saturated heterocycles. The van der Waals surface area contributed by atoms with E-state index in [9.17, 15) is 19.2 Å². The summed E-state index contributed by atoms with van der Waals surface area (Å²) in [5, 5.41) is 2.74. The van der Waals surface area contributed by atoms with Gasteiger partial charge in [-0.1, -0.05) is 27.7 Å². The summed E-state index contributed by atoms with van der Waals surface area (Å²) in [6.07, 6.45) is 4.16. The Morgan fingerprint density at radius 3 is 2.31 bits per heavy atom. The fraction of sp³-hybridized carbons (Fsp3) is 0.483. The number of anilines is 1. The Kier molecular flexibility index (Phi) is 9.52. The summed E-state index contributed by atoms with van der Waals surface area (Å²) in [5.41, 5.74) is 2.18. The van der Waals surface area contributed by atoms with Crippen molar-refractivity contribution in [3.05, 3.63) is 35.0 Å². The molecule has 42 heavy (non-hydrogen) atoms. The highest BCUT2D eigenvalue weighted by atomic mass is 32.1. The van der Waals surface area contributed by atoms with Crippen LogP contribution >= 0.6 is 11.3 Å². The highest BCUT2D eigenvalue weighted by Gasteiger charge is 2.37. The highest BCUT2D eigenvalue weighted by Crippen LogP contribution is 2.36. The first-order chi connectivity index (χ1) is 20.0. The molecule has 2 heterocycles. The van der Waals surface area contributed by atoms with Gasteiger partial charge in [0, 0.05) is 29.4 Å². The Morgan fingerprint density at radius 1 is 1.10 bits per heavy atom. The van der Waals surface area contributed by atoms with Gasteiger partial charge in [0.1, 0.15) is 17.4 Å². The molecule has 4 rings (SSSR count). The number of amides is 3. The van der Waals surface area contributed by atoms with E-state index in [4.69, 9.17) is 15.3 Å². The second-order valence-corrected chi connectivity index (χ2v) is 12.0. The lowest BCUT2D eigenvalue weighted by molar-refractivity contribution is 0.0563. The molecule has 0 spiro atoms. The van der Waals surface area contributed by atoms with E-state index in [0.717, 1.165) is 28.9 Å². The average molecular weight is 598 g/mol. The van der Waals surface area contributed by atoms with E-state index in [2.05, 4.69) is 23.7 Å². The molecule has 12 nitrogen and oxygen atoms in total. The van der Waals surface area contributed by atoms with Crippen molar-refractivity contribution in [2.45, 2.75) is 59.0 Å². The van der Waals surface area contributed by atoms with Crippen molar-refractivity contribution in [3.63, 3.8) is 0 Å². The molecule has 3 aromatic rings. The number of benzene rings is 1. The van der Waals surface area contributed by atoms with Gasteiger partial charge in [0.05, 0.1) is 19.7 Å². The molecule has 0 unspecified atom stereocenters. The summed E-state index contributed by atoms with van der Waals surface area (Å²) in [4.78, 5) is 61.2. The molecule has 1 radical (unpaired) electrons. The zero-order valence-corrected chi connectivity index (χ0v) is 25.5. The first kappa shape index (κ1) is 31.0. The van der Waals surface area contributed by atoms with Crippen LogP contribution in [0.4, 0.5) is 9.93 Å². The second-order valence-electron chi connectivity index (χ2n) is 11.1. The topological polar surface area (TPSA) is 149 Å². The van der Waals surface area contributed by atoms with Crippen molar-refractivity contribution in [1.82, 2.24) is 19.9 Å². The van der Waals surface area contributed by atoms with Gasteiger partial charge in [-0.3, -0.25) is 29.3 Å². The smallest absolute Gasteiger partial charge is 0.340 e. The molecule has 1 fully saturated rings. The minimum atomic E-state index is -1.22. The molecule has 2 aromatic heterocycles. The zero-order valence-electron chi connectivity index (χ0n) is 24.7. The van der Waals surface area contributed by atoms with Crippen molar-refractivity contribution in [1.29, 1.82) is 0 Å². The third-order valence-electron chi connectivity index (χ3n) is 6.94. The maximum absolute atomic E-state index is 14.3. The summed E-state index contributed by atoms with van der Waals surface area (Å²) in [6.45, 7) is 8.76. The molecular formula is C29H37N6O6S. The minimum absolute atomic E-state index is 0.0380. The highest BCUT2D eigenvalue weighted by molar-refractivity contribution is 7.14. The van der Waals surface area contributed by atoms with Crippen LogP contribution in [0, 0.1) is 11.8 Å². The maximum Gasteiger partial charge on any atom is 0.340 e. The molecule has 225 valence electrons. The summed E-state index contributed by atoms with van der Waals surface area (Å²) < 4.78 is 11.8. The molecule has 0 bridgehead atoms. The van der Waals surface area contributed by atoms with E-state index in [0.29, 0.717) is 34.0 Å². The molecule has 1 saturated carbocycles. The number of ether oxygens (including phenoxy) is 2. The van der Waals surface area contributed by atoms with Crippen LogP contribution in [-0.4, -0.2) is 71.4 Å². The number of hydrazine groups is 1. The van der Waals surface area contributed by atoms with Gasteiger partial charge in [0.15, 0.2) is 16.6 Å². The average Bonchev–Trinajstić information content (AvgIpc) is 3.56. The predicted octanol–water partition coefficient (Wildman–Crippen LogP) is 3.98. The van der Waals surface area contributed by atoms with Gasteiger partial charge in [-0.15, -0.1) is 11.3 Å². The number of imide groups is 1. The Hall–Kier alpha value is -3.97. The minimum Gasteiger partial charge on any atom is -0.493 e. The molecule has 1 aliphatic carbocycles. The van der Waals surface area contributed by atoms with Crippen LogP contribution in [0.1, 0.15) is 67.9 Å². The number of thiazole rings is 1. The van der Waals surface area contributed by atoms with Crippen LogP contribution < -0.4 is 25.6 Å². The third-order valence-corrected chi connectivity index (χ3v) is 7.82. The summed E-state index contributed by atoms with van der Waals surface area (Å²) in [6, 6.07) is 2.89. The van der Waals surface area contributed by atoms with Crippen LogP contribution in [0.2, 0.25) is 0 Å². The molecule has 1 atom stereocenters. The van der Waals surface area contributed by atoms with Gasteiger partial charge >= 0.3 is 6.03 Å². The summed E-state index contributed by atoms with van der Waals surface area (Å²) in [5.74, 6) is 4.88. The molecule has 1 aromatic carbocycles. The normalized spacial score (nSPS) is 13.7. The third kappa shape index (κ3) is 6.26. The lowest BCUT2D eigenvalue weighted by atomic mass is 10.0. The Bertz CT molecular complexity index is 1480. The molecule has 0 aliphatic heterocycles. The molecule has 1 aliphatic rings. The second kappa shape index (κ2) is 12.9. The van der Waals surface area contributed by atoms with E-state index >= 15 is 0 Å². The standard InChI is InChI=1S/C29H37N6O6S/c1-16(2)9-20(14-36)34(26(37)21-15-42-29(31-21)33(13-17(3)4)19-7-8-19)27(38)23-10-18-11-24(40-5)25(41-6)12-22(18)35(23)28(39)32-30/h10-12,15-17,19-20H,7-9,13,30H2,1-6H3,(H,32,39)/t20-/m0/s1. The number of hydrogen-bond donors (Lipinski definition) is 2. The number of nitrogens with one attached hydrogen (secondary N) is 1. The first-order valence-corrected chi connectivity index (χ1v) is 14.7. The van der Waals surface area contributed by atoms with Crippen molar-refractivity contribution >= 4 is 51.5 Å². The van der Waals surface area contributed by atoms with E-state index in [1.165, 1.54) is 37.7 Å². The van der Waals surface area contributed by atoms with Gasteiger partial charge in [0.25, 0.3) is 11.8 Å². The number of fused-ring (bicyclic) bond motifs is 1. The number of aromatic nitrogens is 2. The van der Waals surface area contributed by atoms with Gasteiger partial charge in [-0.05, 0) is 43.2 Å². The van der Waals surface area contributed by atoms with Gasteiger partial charge in [0.2, 0.25) is 6.29 Å². The number of nitrogens with zero attached hydrogens (tertiary/aromatic N) is 4. The molecule has 13 heteroatoms. The maximum atomic E-state index is 14.3. The van der Waals surface area contributed by atoms with Crippen LogP contribution in [0.15, 0.2) is 23.6 Å². The lowest BCUT2D eigenvalue weighted by Crippen LogP contribution is -2.48. The fourth-order valence-corrected chi connectivity index (χ4v) is 5.79. The van der Waals surface area contributed by atoms with Gasteiger partial charge < -0.3 is 14.4 Å². The Morgan fingerprint density at radius 2 is 1.76 bits per heavy atom. The van der Waals surface area contributed by atoms with Crippen LogP contribution in [0.3, 0.4) is 0 Å². The number of hydrogen-bond acceptors (Lipinski definition) is 10. The van der Waals surface area contributed by atoms with Crippen LogP contribution in [-0.2, 0) is 4.79 Å². The van der Waals surface area contributed by atoms with E-state index in [1.807, 2.05) is 25.6 Å². The molecule has 3 N–H and O–H groups in total. The summed E-state index contributed by atoms with van der Waals surface area (Å²) in [7, 11) is 2.90. The number of carbonyl (C=O) groups is 3. The van der Waals surface area contributed by atoms with E-state index in [-0.39, 0.29) is 29.2 Å². The van der Waals surface area contributed by atoms with Crippen molar-refractivity contribution < 1.29 is 28.7 Å². The van der Waals surface area contributed by atoms with Crippen molar-refractivity contribution in [2.75, 3.05) is 25.7 Å². The quantitative estimate of drug-likeness (QED) is 0.137.